The average molecular weight is 244 g/mol. The van der Waals surface area contributed by atoms with Crippen LogP contribution in [-0.4, -0.2) is 17.3 Å². The van der Waals surface area contributed by atoms with E-state index in [9.17, 15) is 0 Å². The van der Waals surface area contributed by atoms with Crippen molar-refractivity contribution in [1.29, 1.82) is 0 Å². The highest BCUT2D eigenvalue weighted by Crippen LogP contribution is 2.18. The highest BCUT2D eigenvalue weighted by atomic mass is 127. The molecule has 0 nitrogen and oxygen atoms in total. The second-order valence-electron chi connectivity index (χ2n) is 2.35. The molecule has 2 unspecified atom stereocenters. The zero-order valence-electron chi connectivity index (χ0n) is 5.48. The standard InChI is InChI=1S/C6H13S.HI/c1-6-4-3-5-7(6)2;/h6H,3-5H2,1-2H3;1H/q+1;/p-1. The molecular weight excluding hydrogens is 231 g/mol. The molecule has 1 fully saturated rings. The van der Waals surface area contributed by atoms with Gasteiger partial charge in [0.2, 0.25) is 0 Å². The topological polar surface area (TPSA) is 0 Å². The van der Waals surface area contributed by atoms with E-state index < -0.39 is 0 Å². The fourth-order valence-electron chi connectivity index (χ4n) is 1.00. The molecule has 0 N–H and O–H groups in total. The van der Waals surface area contributed by atoms with Crippen molar-refractivity contribution in [3.8, 4) is 0 Å². The summed E-state index contributed by atoms with van der Waals surface area (Å²) >= 11 is 0. The molecule has 0 amide bonds. The van der Waals surface area contributed by atoms with Gasteiger partial charge in [0.05, 0.1) is 6.26 Å². The first-order chi connectivity index (χ1) is 3.30. The molecule has 0 aromatic heterocycles. The Morgan fingerprint density at radius 2 is 2.12 bits per heavy atom. The van der Waals surface area contributed by atoms with Gasteiger partial charge in [-0.15, -0.1) is 0 Å². The molecule has 2 heteroatoms. The van der Waals surface area contributed by atoms with Crippen LogP contribution < -0.4 is 24.0 Å². The summed E-state index contributed by atoms with van der Waals surface area (Å²) in [6.07, 6.45) is 5.36. The van der Waals surface area contributed by atoms with E-state index in [-0.39, 0.29) is 24.0 Å². The van der Waals surface area contributed by atoms with Crippen LogP contribution in [0.5, 0.6) is 0 Å². The summed E-state index contributed by atoms with van der Waals surface area (Å²) in [7, 11) is 0.782. The monoisotopic (exact) mass is 244 g/mol. The molecule has 50 valence electrons. The van der Waals surface area contributed by atoms with Gasteiger partial charge in [0.25, 0.3) is 0 Å². The van der Waals surface area contributed by atoms with E-state index in [0.717, 1.165) is 16.1 Å². The van der Waals surface area contributed by atoms with E-state index in [0.29, 0.717) is 0 Å². The van der Waals surface area contributed by atoms with Gasteiger partial charge in [-0.1, -0.05) is 0 Å². The molecule has 1 rings (SSSR count). The van der Waals surface area contributed by atoms with E-state index in [1.54, 1.807) is 0 Å². The first kappa shape index (κ1) is 9.08. The molecule has 0 spiro atoms. The minimum atomic E-state index is 0. The molecule has 1 aliphatic heterocycles. The SMILES string of the molecule is CC1CCC[S+]1C.[I-]. The third-order valence-electron chi connectivity index (χ3n) is 1.76. The highest BCUT2D eigenvalue weighted by molar-refractivity contribution is 7.97. The smallest absolute Gasteiger partial charge is 0.115 e. The maximum absolute atomic E-state index is 2.39. The Balaban J connectivity index is 0.000000490. The van der Waals surface area contributed by atoms with Crippen LogP contribution in [0.1, 0.15) is 19.8 Å². The third kappa shape index (κ3) is 2.13. The van der Waals surface area contributed by atoms with Crippen LogP contribution >= 0.6 is 0 Å². The van der Waals surface area contributed by atoms with Crippen LogP contribution in [0.25, 0.3) is 0 Å². The van der Waals surface area contributed by atoms with Gasteiger partial charge in [-0.25, -0.2) is 0 Å². The Morgan fingerprint density at radius 3 is 2.25 bits per heavy atom. The molecule has 0 bridgehead atoms. The number of halogens is 1. The lowest BCUT2D eigenvalue weighted by atomic mass is 10.3. The molecule has 0 radical (unpaired) electrons. The second kappa shape index (κ2) is 3.99. The fraction of sp³-hybridized carbons (Fsp3) is 1.00. The summed E-state index contributed by atoms with van der Waals surface area (Å²) in [4.78, 5) is 0. The zero-order valence-corrected chi connectivity index (χ0v) is 8.46. The van der Waals surface area contributed by atoms with Gasteiger partial charge in [-0.2, -0.15) is 0 Å². The van der Waals surface area contributed by atoms with Crippen LogP contribution in [0.15, 0.2) is 0 Å². The lowest BCUT2D eigenvalue weighted by Gasteiger charge is -1.95. The summed E-state index contributed by atoms with van der Waals surface area (Å²) in [6, 6.07) is 0. The van der Waals surface area contributed by atoms with Crippen LogP contribution in [-0.2, 0) is 10.9 Å². The zero-order chi connectivity index (χ0) is 5.28. The number of hydrogen-bond acceptors (Lipinski definition) is 0. The van der Waals surface area contributed by atoms with Crippen molar-refractivity contribution >= 4 is 10.9 Å². The lowest BCUT2D eigenvalue weighted by Crippen LogP contribution is -3.00. The summed E-state index contributed by atoms with van der Waals surface area (Å²) in [5, 5.41) is 1.04. The van der Waals surface area contributed by atoms with Crippen molar-refractivity contribution in [2.24, 2.45) is 0 Å². The quantitative estimate of drug-likeness (QED) is 0.356. The second-order valence-corrected chi connectivity index (χ2v) is 4.94. The van der Waals surface area contributed by atoms with E-state index in [1.807, 2.05) is 0 Å². The average Bonchev–Trinajstić information content (AvgIpc) is 1.91. The first-order valence-corrected chi connectivity index (χ1v) is 4.78. The van der Waals surface area contributed by atoms with E-state index in [1.165, 1.54) is 18.6 Å². The normalized spacial score (nSPS) is 36.8. The Labute approximate surface area is 71.8 Å². The first-order valence-electron chi connectivity index (χ1n) is 2.92. The lowest BCUT2D eigenvalue weighted by molar-refractivity contribution is -0.00000160. The summed E-state index contributed by atoms with van der Waals surface area (Å²) in [5.74, 6) is 1.50. The molecule has 8 heavy (non-hydrogen) atoms. The van der Waals surface area contributed by atoms with E-state index in [2.05, 4.69) is 13.2 Å². The van der Waals surface area contributed by atoms with Gasteiger partial charge in [0.15, 0.2) is 0 Å². The van der Waals surface area contributed by atoms with Crippen LogP contribution in [0.4, 0.5) is 0 Å². The Bertz CT molecular complexity index is 57.5. The Kier molecular flexibility index (Phi) is 4.52. The van der Waals surface area contributed by atoms with Crippen molar-refractivity contribution in [3.05, 3.63) is 0 Å². The van der Waals surface area contributed by atoms with Crippen LogP contribution in [0, 0.1) is 0 Å². The maximum atomic E-state index is 2.39. The summed E-state index contributed by atoms with van der Waals surface area (Å²) < 4.78 is 0. The minimum Gasteiger partial charge on any atom is -1.00 e. The van der Waals surface area contributed by atoms with E-state index >= 15 is 0 Å². The third-order valence-corrected chi connectivity index (χ3v) is 4.31. The molecule has 2 atom stereocenters. The molecule has 0 aliphatic carbocycles. The fourth-order valence-corrected chi connectivity index (χ4v) is 2.59. The molecule has 0 aromatic rings. The van der Waals surface area contributed by atoms with Gasteiger partial charge in [-0.05, 0) is 30.7 Å². The highest BCUT2D eigenvalue weighted by Gasteiger charge is 2.26. The summed E-state index contributed by atoms with van der Waals surface area (Å²) in [5.41, 5.74) is 0. The van der Waals surface area contributed by atoms with E-state index in [4.69, 9.17) is 0 Å². The van der Waals surface area contributed by atoms with Crippen molar-refractivity contribution in [1.82, 2.24) is 0 Å². The van der Waals surface area contributed by atoms with Crippen molar-refractivity contribution in [2.45, 2.75) is 25.0 Å². The van der Waals surface area contributed by atoms with Crippen LogP contribution in [0.3, 0.4) is 0 Å². The van der Waals surface area contributed by atoms with Crippen LogP contribution in [0.2, 0.25) is 0 Å². The molecule has 0 saturated carbocycles. The van der Waals surface area contributed by atoms with Gasteiger partial charge in [0, 0.05) is 0 Å². The Morgan fingerprint density at radius 1 is 1.50 bits per heavy atom. The van der Waals surface area contributed by atoms with Gasteiger partial charge in [0.1, 0.15) is 11.0 Å². The molecule has 1 aliphatic rings. The predicted molar refractivity (Wildman–Crippen MR) is 36.9 cm³/mol. The molecule has 0 aromatic carbocycles. The van der Waals surface area contributed by atoms with Crippen molar-refractivity contribution < 1.29 is 24.0 Å². The predicted octanol–water partition coefficient (Wildman–Crippen LogP) is -1.58. The Hall–Kier alpha value is 1.08. The largest absolute Gasteiger partial charge is 1.00 e. The van der Waals surface area contributed by atoms with Gasteiger partial charge in [-0.3, -0.25) is 0 Å². The summed E-state index contributed by atoms with van der Waals surface area (Å²) in [6.45, 7) is 2.37. The molecule has 1 heterocycles. The minimum absolute atomic E-state index is 0. The van der Waals surface area contributed by atoms with Gasteiger partial charge < -0.3 is 24.0 Å². The number of rotatable bonds is 0. The maximum Gasteiger partial charge on any atom is 0.115 e. The molecular formula is C6H13IS. The number of hydrogen-bond donors (Lipinski definition) is 0. The van der Waals surface area contributed by atoms with Crippen molar-refractivity contribution in [3.63, 3.8) is 0 Å². The van der Waals surface area contributed by atoms with Gasteiger partial charge >= 0.3 is 0 Å². The van der Waals surface area contributed by atoms with Crippen molar-refractivity contribution in [2.75, 3.05) is 12.0 Å². The molecule has 1 saturated heterocycles.